The molecule has 0 aromatic heterocycles. The van der Waals surface area contributed by atoms with Gasteiger partial charge in [0.15, 0.2) is 0 Å². The van der Waals surface area contributed by atoms with Gasteiger partial charge in [-0.25, -0.2) is 0 Å². The topological polar surface area (TPSA) is 21.3 Å². The first kappa shape index (κ1) is 13.9. The molecule has 2 rings (SSSR count). The minimum absolute atomic E-state index is 0.648. The molecule has 2 nitrogen and oxygen atoms in total. The van der Waals surface area contributed by atoms with Gasteiger partial charge in [-0.3, -0.25) is 0 Å². The van der Waals surface area contributed by atoms with E-state index in [-0.39, 0.29) is 0 Å². The van der Waals surface area contributed by atoms with Gasteiger partial charge in [0.25, 0.3) is 0 Å². The molecule has 0 saturated carbocycles. The van der Waals surface area contributed by atoms with Crippen molar-refractivity contribution in [2.45, 2.75) is 13.8 Å². The summed E-state index contributed by atoms with van der Waals surface area (Å²) in [5, 5.41) is 3.40. The highest BCUT2D eigenvalue weighted by atomic mass is 79.9. The molecular formula is C16H18BrNO. The van der Waals surface area contributed by atoms with Gasteiger partial charge in [-0.1, -0.05) is 28.1 Å². The van der Waals surface area contributed by atoms with Crippen LogP contribution in [0.4, 0.5) is 5.69 Å². The van der Waals surface area contributed by atoms with Crippen molar-refractivity contribution in [2.24, 2.45) is 0 Å². The molecule has 3 heteroatoms. The molecule has 19 heavy (non-hydrogen) atoms. The van der Waals surface area contributed by atoms with Crippen molar-refractivity contribution in [2.75, 3.05) is 18.5 Å². The zero-order valence-corrected chi connectivity index (χ0v) is 12.8. The molecule has 0 unspecified atom stereocenters. The average Bonchev–Trinajstić information content (AvgIpc) is 2.41. The van der Waals surface area contributed by atoms with E-state index in [9.17, 15) is 0 Å². The third-order valence-electron chi connectivity index (χ3n) is 3.10. The van der Waals surface area contributed by atoms with E-state index < -0.39 is 0 Å². The van der Waals surface area contributed by atoms with Crippen LogP contribution < -0.4 is 10.1 Å². The first-order valence-electron chi connectivity index (χ1n) is 6.35. The van der Waals surface area contributed by atoms with Gasteiger partial charge in [-0.2, -0.15) is 0 Å². The lowest BCUT2D eigenvalue weighted by Crippen LogP contribution is -2.12. The van der Waals surface area contributed by atoms with E-state index in [1.807, 2.05) is 24.3 Å². The summed E-state index contributed by atoms with van der Waals surface area (Å²) < 4.78 is 6.73. The first-order chi connectivity index (χ1) is 9.16. The Morgan fingerprint density at radius 2 is 1.79 bits per heavy atom. The molecule has 0 fully saturated rings. The molecule has 100 valence electrons. The second-order valence-corrected chi connectivity index (χ2v) is 5.39. The SMILES string of the molecule is Cc1cccc(NCCOc2ccc(Br)cc2)c1C. The van der Waals surface area contributed by atoms with E-state index in [0.717, 1.165) is 16.8 Å². The largest absolute Gasteiger partial charge is 0.492 e. The van der Waals surface area contributed by atoms with Crippen LogP contribution in [-0.2, 0) is 0 Å². The Hall–Kier alpha value is -1.48. The Morgan fingerprint density at radius 3 is 2.53 bits per heavy atom. The van der Waals surface area contributed by atoms with Crippen molar-refractivity contribution in [1.82, 2.24) is 0 Å². The number of hydrogen-bond acceptors (Lipinski definition) is 2. The number of hydrogen-bond donors (Lipinski definition) is 1. The maximum Gasteiger partial charge on any atom is 0.119 e. The smallest absolute Gasteiger partial charge is 0.119 e. The van der Waals surface area contributed by atoms with E-state index in [1.54, 1.807) is 0 Å². The van der Waals surface area contributed by atoms with Crippen LogP contribution in [0.1, 0.15) is 11.1 Å². The Morgan fingerprint density at radius 1 is 1.05 bits per heavy atom. The number of aryl methyl sites for hydroxylation is 1. The second kappa shape index (κ2) is 6.62. The molecule has 0 spiro atoms. The van der Waals surface area contributed by atoms with E-state index in [2.05, 4.69) is 53.3 Å². The minimum atomic E-state index is 0.648. The summed E-state index contributed by atoms with van der Waals surface area (Å²) in [6, 6.07) is 14.2. The predicted molar refractivity (Wildman–Crippen MR) is 84.0 cm³/mol. The van der Waals surface area contributed by atoms with Crippen molar-refractivity contribution < 1.29 is 4.74 Å². The quantitative estimate of drug-likeness (QED) is 0.816. The molecule has 0 heterocycles. The van der Waals surface area contributed by atoms with Gasteiger partial charge in [0.05, 0.1) is 0 Å². The molecule has 0 radical (unpaired) electrons. The van der Waals surface area contributed by atoms with E-state index in [4.69, 9.17) is 4.74 Å². The molecular weight excluding hydrogens is 302 g/mol. The van der Waals surface area contributed by atoms with Crippen LogP contribution in [0.2, 0.25) is 0 Å². The Labute approximate surface area is 122 Å². The van der Waals surface area contributed by atoms with Crippen LogP contribution in [-0.4, -0.2) is 13.2 Å². The van der Waals surface area contributed by atoms with Crippen LogP contribution in [0.3, 0.4) is 0 Å². The Balaban J connectivity index is 1.81. The summed E-state index contributed by atoms with van der Waals surface area (Å²) in [5.74, 6) is 0.894. The van der Waals surface area contributed by atoms with Crippen LogP contribution in [0, 0.1) is 13.8 Å². The number of anilines is 1. The minimum Gasteiger partial charge on any atom is -0.492 e. The molecule has 0 aliphatic heterocycles. The summed E-state index contributed by atoms with van der Waals surface area (Å²) in [4.78, 5) is 0. The lowest BCUT2D eigenvalue weighted by Gasteiger charge is -2.12. The van der Waals surface area contributed by atoms with Gasteiger partial charge in [-0.15, -0.1) is 0 Å². The fourth-order valence-corrected chi connectivity index (χ4v) is 2.09. The maximum absolute atomic E-state index is 5.67. The van der Waals surface area contributed by atoms with Crippen molar-refractivity contribution >= 4 is 21.6 Å². The third kappa shape index (κ3) is 4.00. The normalized spacial score (nSPS) is 10.3. The molecule has 2 aromatic carbocycles. The number of benzene rings is 2. The highest BCUT2D eigenvalue weighted by Gasteiger charge is 1.99. The van der Waals surface area contributed by atoms with Crippen LogP contribution in [0.5, 0.6) is 5.75 Å². The van der Waals surface area contributed by atoms with Crippen molar-refractivity contribution in [3.8, 4) is 5.75 Å². The summed E-state index contributed by atoms with van der Waals surface area (Å²) in [7, 11) is 0. The zero-order chi connectivity index (χ0) is 13.7. The van der Waals surface area contributed by atoms with Crippen LogP contribution in [0.15, 0.2) is 46.9 Å². The van der Waals surface area contributed by atoms with Crippen LogP contribution in [0.25, 0.3) is 0 Å². The lowest BCUT2D eigenvalue weighted by atomic mass is 10.1. The van der Waals surface area contributed by atoms with Crippen molar-refractivity contribution in [3.05, 3.63) is 58.1 Å². The fraction of sp³-hybridized carbons (Fsp3) is 0.250. The summed E-state index contributed by atoms with van der Waals surface area (Å²) in [6.45, 7) is 5.70. The van der Waals surface area contributed by atoms with Gasteiger partial charge in [-0.05, 0) is 55.3 Å². The molecule has 0 aliphatic rings. The molecule has 0 amide bonds. The number of nitrogens with one attached hydrogen (secondary N) is 1. The molecule has 0 bridgehead atoms. The van der Waals surface area contributed by atoms with Crippen LogP contribution >= 0.6 is 15.9 Å². The zero-order valence-electron chi connectivity index (χ0n) is 11.2. The van der Waals surface area contributed by atoms with Gasteiger partial charge >= 0.3 is 0 Å². The number of halogens is 1. The Bertz CT molecular complexity index is 537. The van der Waals surface area contributed by atoms with E-state index in [1.165, 1.54) is 16.8 Å². The summed E-state index contributed by atoms with van der Waals surface area (Å²) in [5.41, 5.74) is 3.78. The fourth-order valence-electron chi connectivity index (χ4n) is 1.83. The third-order valence-corrected chi connectivity index (χ3v) is 3.63. The molecule has 0 saturated heterocycles. The Kier molecular flexibility index (Phi) is 4.86. The van der Waals surface area contributed by atoms with E-state index >= 15 is 0 Å². The monoisotopic (exact) mass is 319 g/mol. The maximum atomic E-state index is 5.67. The van der Waals surface area contributed by atoms with Gasteiger partial charge in [0.2, 0.25) is 0 Å². The van der Waals surface area contributed by atoms with Crippen molar-refractivity contribution in [3.63, 3.8) is 0 Å². The van der Waals surface area contributed by atoms with E-state index in [0.29, 0.717) is 6.61 Å². The summed E-state index contributed by atoms with van der Waals surface area (Å²) >= 11 is 3.40. The first-order valence-corrected chi connectivity index (χ1v) is 7.14. The summed E-state index contributed by atoms with van der Waals surface area (Å²) in [6.07, 6.45) is 0. The van der Waals surface area contributed by atoms with Crippen molar-refractivity contribution in [1.29, 1.82) is 0 Å². The lowest BCUT2D eigenvalue weighted by molar-refractivity contribution is 0.333. The second-order valence-electron chi connectivity index (χ2n) is 4.48. The predicted octanol–water partition coefficient (Wildman–Crippen LogP) is 4.56. The van der Waals surface area contributed by atoms with Gasteiger partial charge in [0.1, 0.15) is 12.4 Å². The molecule has 1 N–H and O–H groups in total. The number of rotatable bonds is 5. The van der Waals surface area contributed by atoms with Gasteiger partial charge in [0, 0.05) is 16.7 Å². The molecule has 0 aliphatic carbocycles. The number of ether oxygens (including phenoxy) is 1. The van der Waals surface area contributed by atoms with Gasteiger partial charge < -0.3 is 10.1 Å². The highest BCUT2D eigenvalue weighted by molar-refractivity contribution is 9.10. The molecule has 2 aromatic rings. The average molecular weight is 320 g/mol. The highest BCUT2D eigenvalue weighted by Crippen LogP contribution is 2.18. The standard InChI is InChI=1S/C16H18BrNO/c1-12-4-3-5-16(13(12)2)18-10-11-19-15-8-6-14(17)7-9-15/h3-9,18H,10-11H2,1-2H3. The molecule has 0 atom stereocenters.